The minimum absolute atomic E-state index is 0.0324. The predicted molar refractivity (Wildman–Crippen MR) is 35.3 cm³/mol. The van der Waals surface area contributed by atoms with Crippen LogP contribution in [0.2, 0.25) is 0 Å². The van der Waals surface area contributed by atoms with E-state index in [1.807, 2.05) is 5.43 Å². The summed E-state index contributed by atoms with van der Waals surface area (Å²) in [6, 6.07) is 0. The molecule has 0 aromatic heterocycles. The molecule has 0 bridgehead atoms. The third kappa shape index (κ3) is 1.81. The first-order valence-electron chi connectivity index (χ1n) is 3.15. The van der Waals surface area contributed by atoms with Crippen molar-refractivity contribution < 1.29 is 14.3 Å². The summed E-state index contributed by atoms with van der Waals surface area (Å²) < 4.78 is 4.58. The molecule has 6 nitrogen and oxygen atoms in total. The number of hydrazine groups is 1. The number of cyclic esters (lactones) is 1. The largest absolute Gasteiger partial charge is 0.448 e. The summed E-state index contributed by atoms with van der Waals surface area (Å²) in [7, 11) is 0. The quantitative estimate of drug-likeness (QED) is 0.289. The summed E-state index contributed by atoms with van der Waals surface area (Å²) in [4.78, 5) is 22.6. The molecule has 1 aliphatic heterocycles. The van der Waals surface area contributed by atoms with Crippen molar-refractivity contribution in [3.05, 3.63) is 0 Å². The summed E-state index contributed by atoms with van der Waals surface area (Å²) in [6.45, 7) is 0.762. The van der Waals surface area contributed by atoms with Gasteiger partial charge in [0.2, 0.25) is 0 Å². The van der Waals surface area contributed by atoms with Gasteiger partial charge in [-0.3, -0.25) is 15.1 Å². The summed E-state index contributed by atoms with van der Waals surface area (Å²) in [6.07, 6.45) is -0.464. The van der Waals surface area contributed by atoms with Crippen LogP contribution < -0.4 is 11.3 Å². The van der Waals surface area contributed by atoms with E-state index in [0.717, 1.165) is 0 Å². The van der Waals surface area contributed by atoms with E-state index >= 15 is 0 Å². The van der Waals surface area contributed by atoms with Gasteiger partial charge in [0.1, 0.15) is 13.2 Å². The standard InChI is InChI=1S/C5H9N3O3/c6-7-4(9)3-8-1-2-11-5(8)10/h1-3,6H2,(H,7,9). The van der Waals surface area contributed by atoms with Gasteiger partial charge >= 0.3 is 6.09 Å². The van der Waals surface area contributed by atoms with Crippen LogP contribution in [0.3, 0.4) is 0 Å². The van der Waals surface area contributed by atoms with Crippen molar-refractivity contribution >= 4 is 12.0 Å². The van der Waals surface area contributed by atoms with Crippen molar-refractivity contribution in [1.29, 1.82) is 0 Å². The first kappa shape index (κ1) is 7.80. The molecule has 0 aromatic carbocycles. The number of nitrogens with one attached hydrogen (secondary N) is 1. The molecule has 2 amide bonds. The fourth-order valence-corrected chi connectivity index (χ4v) is 0.788. The van der Waals surface area contributed by atoms with Crippen molar-refractivity contribution in [2.75, 3.05) is 19.7 Å². The zero-order valence-electron chi connectivity index (χ0n) is 5.87. The lowest BCUT2D eigenvalue weighted by Crippen LogP contribution is -2.40. The van der Waals surface area contributed by atoms with E-state index in [9.17, 15) is 9.59 Å². The third-order valence-electron chi connectivity index (χ3n) is 1.34. The van der Waals surface area contributed by atoms with Crippen LogP contribution in [0, 0.1) is 0 Å². The van der Waals surface area contributed by atoms with Crippen LogP contribution in [0.4, 0.5) is 4.79 Å². The monoisotopic (exact) mass is 159 g/mol. The van der Waals surface area contributed by atoms with Gasteiger partial charge in [0.25, 0.3) is 5.91 Å². The second kappa shape index (κ2) is 3.20. The molecule has 1 aliphatic rings. The number of nitrogens with zero attached hydrogens (tertiary/aromatic N) is 1. The van der Waals surface area contributed by atoms with Gasteiger partial charge in [-0.05, 0) is 0 Å². The van der Waals surface area contributed by atoms with Gasteiger partial charge < -0.3 is 4.74 Å². The van der Waals surface area contributed by atoms with Crippen LogP contribution >= 0.6 is 0 Å². The molecule has 62 valence electrons. The van der Waals surface area contributed by atoms with Gasteiger partial charge in [-0.2, -0.15) is 0 Å². The summed E-state index contributed by atoms with van der Waals surface area (Å²) in [5.74, 6) is 4.42. The van der Waals surface area contributed by atoms with Gasteiger partial charge in [-0.25, -0.2) is 10.6 Å². The highest BCUT2D eigenvalue weighted by atomic mass is 16.6. The average Bonchev–Trinajstić information content (AvgIpc) is 2.37. The van der Waals surface area contributed by atoms with Crippen LogP contribution in [0.1, 0.15) is 0 Å². The number of nitrogens with two attached hydrogens (primary N) is 1. The van der Waals surface area contributed by atoms with Gasteiger partial charge in [0.15, 0.2) is 0 Å². The molecule has 1 heterocycles. The minimum atomic E-state index is -0.464. The lowest BCUT2D eigenvalue weighted by Gasteiger charge is -2.09. The highest BCUT2D eigenvalue weighted by Crippen LogP contribution is 2.01. The second-order valence-electron chi connectivity index (χ2n) is 2.10. The maximum atomic E-state index is 10.7. The molecule has 0 spiro atoms. The van der Waals surface area contributed by atoms with Crippen LogP contribution in [-0.4, -0.2) is 36.6 Å². The molecule has 6 heteroatoms. The Morgan fingerprint density at radius 3 is 3.00 bits per heavy atom. The third-order valence-corrected chi connectivity index (χ3v) is 1.34. The van der Waals surface area contributed by atoms with Crippen molar-refractivity contribution in [2.45, 2.75) is 0 Å². The summed E-state index contributed by atoms with van der Waals surface area (Å²) in [5.41, 5.74) is 1.92. The highest BCUT2D eigenvalue weighted by molar-refractivity contribution is 5.82. The highest BCUT2D eigenvalue weighted by Gasteiger charge is 2.23. The first-order valence-corrected chi connectivity index (χ1v) is 3.15. The Morgan fingerprint density at radius 2 is 2.55 bits per heavy atom. The Labute approximate surface area is 63.2 Å². The van der Waals surface area contributed by atoms with Gasteiger partial charge in [0, 0.05) is 0 Å². The molecule has 1 fully saturated rings. The van der Waals surface area contributed by atoms with E-state index < -0.39 is 12.0 Å². The number of carbonyl (C=O) groups excluding carboxylic acids is 2. The Morgan fingerprint density at radius 1 is 1.82 bits per heavy atom. The Kier molecular flexibility index (Phi) is 2.27. The number of rotatable bonds is 2. The second-order valence-corrected chi connectivity index (χ2v) is 2.10. The van der Waals surface area contributed by atoms with E-state index in [-0.39, 0.29) is 6.54 Å². The molecule has 3 N–H and O–H groups in total. The fraction of sp³-hybridized carbons (Fsp3) is 0.600. The maximum absolute atomic E-state index is 10.7. The van der Waals surface area contributed by atoms with Crippen LogP contribution in [0.25, 0.3) is 0 Å². The van der Waals surface area contributed by atoms with E-state index in [2.05, 4.69) is 4.74 Å². The zero-order chi connectivity index (χ0) is 8.27. The molecule has 0 radical (unpaired) electrons. The fourth-order valence-electron chi connectivity index (χ4n) is 0.788. The van der Waals surface area contributed by atoms with Gasteiger partial charge in [-0.1, -0.05) is 0 Å². The lowest BCUT2D eigenvalue weighted by atomic mass is 10.5. The number of hydrogen-bond acceptors (Lipinski definition) is 4. The van der Waals surface area contributed by atoms with Crippen molar-refractivity contribution in [2.24, 2.45) is 5.84 Å². The maximum Gasteiger partial charge on any atom is 0.410 e. The topological polar surface area (TPSA) is 84.7 Å². The van der Waals surface area contributed by atoms with Crippen molar-refractivity contribution in [3.8, 4) is 0 Å². The first-order chi connectivity index (χ1) is 5.24. The van der Waals surface area contributed by atoms with Crippen LogP contribution in [0.15, 0.2) is 0 Å². The summed E-state index contributed by atoms with van der Waals surface area (Å²) in [5, 5.41) is 0. The van der Waals surface area contributed by atoms with Crippen molar-refractivity contribution in [3.63, 3.8) is 0 Å². The molecule has 0 unspecified atom stereocenters. The van der Waals surface area contributed by atoms with E-state index in [0.29, 0.717) is 13.2 Å². The molecule has 0 atom stereocenters. The average molecular weight is 159 g/mol. The molecule has 1 saturated heterocycles. The Hall–Kier alpha value is -1.30. The zero-order valence-corrected chi connectivity index (χ0v) is 5.87. The Bertz CT molecular complexity index is 182. The van der Waals surface area contributed by atoms with Crippen LogP contribution in [0.5, 0.6) is 0 Å². The molecule has 0 aliphatic carbocycles. The molecule has 11 heavy (non-hydrogen) atoms. The molecular weight excluding hydrogens is 150 g/mol. The number of ether oxygens (including phenoxy) is 1. The normalized spacial score (nSPS) is 16.5. The van der Waals surface area contributed by atoms with E-state index in [4.69, 9.17) is 5.84 Å². The van der Waals surface area contributed by atoms with E-state index in [1.165, 1.54) is 4.90 Å². The molecule has 0 aromatic rings. The number of hydrogen-bond donors (Lipinski definition) is 2. The van der Waals surface area contributed by atoms with Crippen LogP contribution in [-0.2, 0) is 9.53 Å². The number of amides is 2. The minimum Gasteiger partial charge on any atom is -0.448 e. The SMILES string of the molecule is NNC(=O)CN1CCOC1=O. The van der Waals surface area contributed by atoms with Gasteiger partial charge in [0.05, 0.1) is 6.54 Å². The summed E-state index contributed by atoms with van der Waals surface area (Å²) >= 11 is 0. The lowest BCUT2D eigenvalue weighted by molar-refractivity contribution is -0.121. The smallest absolute Gasteiger partial charge is 0.410 e. The molecule has 0 saturated carbocycles. The van der Waals surface area contributed by atoms with Crippen molar-refractivity contribution in [1.82, 2.24) is 10.3 Å². The number of carbonyl (C=O) groups is 2. The molecule has 1 rings (SSSR count). The van der Waals surface area contributed by atoms with E-state index in [1.54, 1.807) is 0 Å². The molecular formula is C5H9N3O3. The van der Waals surface area contributed by atoms with Gasteiger partial charge in [-0.15, -0.1) is 0 Å². The predicted octanol–water partition coefficient (Wildman–Crippen LogP) is -1.57. The Balaban J connectivity index is 2.36.